The Hall–Kier alpha value is -1.32. The molecule has 148 valence electrons. The van der Waals surface area contributed by atoms with Gasteiger partial charge in [-0.05, 0) is 63.2 Å². The molecule has 4 nitrogen and oxygen atoms in total. The number of hydrogen-bond acceptors (Lipinski definition) is 4. The van der Waals surface area contributed by atoms with Crippen LogP contribution in [0.3, 0.4) is 0 Å². The minimum absolute atomic E-state index is 0.0707. The third kappa shape index (κ3) is 12.1. The van der Waals surface area contributed by atoms with Crippen molar-refractivity contribution in [3.8, 4) is 0 Å². The first-order valence-corrected chi connectivity index (χ1v) is 10.7. The smallest absolute Gasteiger partial charge is 0.305 e. The third-order valence-corrected chi connectivity index (χ3v) is 5.10. The molecule has 0 aromatic carbocycles. The van der Waals surface area contributed by atoms with E-state index in [1.165, 1.54) is 38.5 Å². The highest BCUT2D eigenvalue weighted by atomic mass is 16.5. The number of carbonyl (C=O) groups excluding carboxylic acids is 2. The molecular weight excluding hydrogens is 328 g/mol. The van der Waals surface area contributed by atoms with Crippen molar-refractivity contribution < 1.29 is 19.1 Å². The monoisotopic (exact) mass is 364 g/mol. The van der Waals surface area contributed by atoms with Gasteiger partial charge in [-0.1, -0.05) is 37.8 Å². The molecule has 2 rings (SSSR count). The number of esters is 2. The molecule has 2 aliphatic rings. The Balaban J connectivity index is 1.30. The first-order valence-electron chi connectivity index (χ1n) is 10.7. The summed E-state index contributed by atoms with van der Waals surface area (Å²) in [7, 11) is 0. The van der Waals surface area contributed by atoms with Gasteiger partial charge in [-0.2, -0.15) is 0 Å². The van der Waals surface area contributed by atoms with Gasteiger partial charge in [0.05, 0.1) is 13.2 Å². The van der Waals surface area contributed by atoms with E-state index in [1.807, 2.05) is 0 Å². The molecule has 4 heteroatoms. The van der Waals surface area contributed by atoms with E-state index in [0.717, 1.165) is 50.4 Å². The molecule has 0 N–H and O–H groups in total. The van der Waals surface area contributed by atoms with Gasteiger partial charge >= 0.3 is 11.9 Å². The van der Waals surface area contributed by atoms with E-state index in [-0.39, 0.29) is 11.9 Å². The van der Waals surface area contributed by atoms with Gasteiger partial charge < -0.3 is 9.47 Å². The Morgan fingerprint density at radius 1 is 0.692 bits per heavy atom. The van der Waals surface area contributed by atoms with Crippen molar-refractivity contribution >= 4 is 11.9 Å². The number of ether oxygens (including phenoxy) is 2. The van der Waals surface area contributed by atoms with Crippen molar-refractivity contribution in [1.82, 2.24) is 0 Å². The third-order valence-electron chi connectivity index (χ3n) is 5.10. The maximum Gasteiger partial charge on any atom is 0.305 e. The van der Waals surface area contributed by atoms with Gasteiger partial charge in [0, 0.05) is 12.8 Å². The van der Waals surface area contributed by atoms with Crippen molar-refractivity contribution in [2.45, 2.75) is 89.9 Å². The maximum absolute atomic E-state index is 11.6. The number of unbranched alkanes of at least 4 members (excludes halogenated alkanes) is 2. The number of allylic oxidation sites excluding steroid dienone is 2. The summed E-state index contributed by atoms with van der Waals surface area (Å²) in [4.78, 5) is 23.1. The lowest BCUT2D eigenvalue weighted by Gasteiger charge is -2.04. The molecule has 0 unspecified atom stereocenters. The van der Waals surface area contributed by atoms with Gasteiger partial charge in [-0.3, -0.25) is 9.59 Å². The quantitative estimate of drug-likeness (QED) is 0.210. The van der Waals surface area contributed by atoms with Crippen LogP contribution in [-0.4, -0.2) is 25.2 Å². The van der Waals surface area contributed by atoms with Gasteiger partial charge in [0.2, 0.25) is 0 Å². The van der Waals surface area contributed by atoms with E-state index in [2.05, 4.69) is 12.2 Å². The molecule has 0 heterocycles. The van der Waals surface area contributed by atoms with E-state index in [0.29, 0.717) is 26.1 Å². The SMILES string of the molecule is O=C(CCCC=CCCCC(=O)OCCCC1CC1)OCCCC1CC1. The molecule has 0 spiro atoms. The summed E-state index contributed by atoms with van der Waals surface area (Å²) in [5.74, 6) is 1.68. The number of rotatable bonds is 16. The van der Waals surface area contributed by atoms with E-state index in [9.17, 15) is 9.59 Å². The fraction of sp³-hybridized carbons (Fsp3) is 0.818. The standard InChI is InChI=1S/C22H36O4/c23-21(25-17-7-9-19-13-14-19)11-5-3-1-2-4-6-12-22(24)26-18-8-10-20-15-16-20/h1-2,19-20H,3-18H2. The van der Waals surface area contributed by atoms with E-state index in [1.54, 1.807) is 0 Å². The average molecular weight is 365 g/mol. The van der Waals surface area contributed by atoms with Crippen LogP contribution < -0.4 is 0 Å². The van der Waals surface area contributed by atoms with Gasteiger partial charge in [-0.15, -0.1) is 0 Å². The van der Waals surface area contributed by atoms with Gasteiger partial charge in [-0.25, -0.2) is 0 Å². The molecule has 2 saturated carbocycles. The average Bonchev–Trinajstić information content (AvgIpc) is 3.53. The number of hydrogen-bond donors (Lipinski definition) is 0. The molecule has 0 aliphatic heterocycles. The summed E-state index contributed by atoms with van der Waals surface area (Å²) in [5, 5.41) is 0. The van der Waals surface area contributed by atoms with Crippen molar-refractivity contribution in [3.05, 3.63) is 12.2 Å². The fourth-order valence-electron chi connectivity index (χ4n) is 3.04. The van der Waals surface area contributed by atoms with Crippen molar-refractivity contribution in [3.63, 3.8) is 0 Å². The molecule has 0 aromatic rings. The molecule has 0 amide bonds. The predicted octanol–water partition coefficient (Wildman–Crippen LogP) is 5.35. The van der Waals surface area contributed by atoms with Crippen LogP contribution in [0.4, 0.5) is 0 Å². The van der Waals surface area contributed by atoms with Gasteiger partial charge in [0.25, 0.3) is 0 Å². The Bertz CT molecular complexity index is 395. The lowest BCUT2D eigenvalue weighted by Crippen LogP contribution is -2.05. The highest BCUT2D eigenvalue weighted by molar-refractivity contribution is 5.69. The van der Waals surface area contributed by atoms with Crippen LogP contribution in [-0.2, 0) is 19.1 Å². The molecule has 0 saturated heterocycles. The molecule has 0 atom stereocenters. The molecule has 0 aromatic heterocycles. The van der Waals surface area contributed by atoms with Crippen molar-refractivity contribution in [2.24, 2.45) is 11.8 Å². The molecule has 0 bridgehead atoms. The van der Waals surface area contributed by atoms with Crippen LogP contribution in [0.1, 0.15) is 89.9 Å². The fourth-order valence-corrected chi connectivity index (χ4v) is 3.04. The minimum Gasteiger partial charge on any atom is -0.466 e. The highest BCUT2D eigenvalue weighted by Crippen LogP contribution is 2.33. The van der Waals surface area contributed by atoms with Gasteiger partial charge in [0.1, 0.15) is 0 Å². The zero-order valence-corrected chi connectivity index (χ0v) is 16.3. The molecule has 2 fully saturated rings. The van der Waals surface area contributed by atoms with Gasteiger partial charge in [0.15, 0.2) is 0 Å². The van der Waals surface area contributed by atoms with Crippen LogP contribution in [0.25, 0.3) is 0 Å². The van der Waals surface area contributed by atoms with Crippen LogP contribution in [0.5, 0.6) is 0 Å². The zero-order chi connectivity index (χ0) is 18.5. The van der Waals surface area contributed by atoms with Crippen LogP contribution in [0, 0.1) is 11.8 Å². The first kappa shape index (κ1) is 21.0. The normalized spacial score (nSPS) is 16.8. The molecule has 2 aliphatic carbocycles. The molecule has 26 heavy (non-hydrogen) atoms. The lowest BCUT2D eigenvalue weighted by atomic mass is 10.2. The van der Waals surface area contributed by atoms with Crippen LogP contribution in [0.15, 0.2) is 12.2 Å². The Morgan fingerprint density at radius 2 is 1.12 bits per heavy atom. The summed E-state index contributed by atoms with van der Waals surface area (Å²) >= 11 is 0. The Morgan fingerprint density at radius 3 is 1.50 bits per heavy atom. The summed E-state index contributed by atoms with van der Waals surface area (Å²) < 4.78 is 10.5. The first-order chi connectivity index (χ1) is 12.7. The van der Waals surface area contributed by atoms with Crippen LogP contribution in [0.2, 0.25) is 0 Å². The second-order valence-corrected chi connectivity index (χ2v) is 7.87. The predicted molar refractivity (Wildman–Crippen MR) is 103 cm³/mol. The van der Waals surface area contributed by atoms with E-state index in [4.69, 9.17) is 9.47 Å². The molecule has 0 radical (unpaired) electrons. The van der Waals surface area contributed by atoms with Crippen molar-refractivity contribution in [1.29, 1.82) is 0 Å². The summed E-state index contributed by atoms with van der Waals surface area (Å²) in [6.45, 7) is 1.17. The number of carbonyl (C=O) groups is 2. The highest BCUT2D eigenvalue weighted by Gasteiger charge is 2.20. The molecular formula is C22H36O4. The summed E-state index contributed by atoms with van der Waals surface area (Å²) in [6, 6.07) is 0. The lowest BCUT2D eigenvalue weighted by molar-refractivity contribution is -0.144. The second kappa shape index (κ2) is 12.9. The topological polar surface area (TPSA) is 52.6 Å². The zero-order valence-electron chi connectivity index (χ0n) is 16.3. The summed E-state index contributed by atoms with van der Waals surface area (Å²) in [6.07, 6.45) is 18.6. The Labute approximate surface area is 158 Å². The maximum atomic E-state index is 11.6. The minimum atomic E-state index is -0.0707. The second-order valence-electron chi connectivity index (χ2n) is 7.87. The van der Waals surface area contributed by atoms with Crippen LogP contribution >= 0.6 is 0 Å². The van der Waals surface area contributed by atoms with Crippen molar-refractivity contribution in [2.75, 3.05) is 13.2 Å². The van der Waals surface area contributed by atoms with E-state index >= 15 is 0 Å². The van der Waals surface area contributed by atoms with E-state index < -0.39 is 0 Å². The largest absolute Gasteiger partial charge is 0.466 e. The summed E-state index contributed by atoms with van der Waals surface area (Å²) in [5.41, 5.74) is 0. The Kier molecular flexibility index (Phi) is 10.4.